The maximum Gasteiger partial charge on any atom is 0.238 e. The number of rotatable bonds is 3. The summed E-state index contributed by atoms with van der Waals surface area (Å²) in [5, 5.41) is 4.57. The van der Waals surface area contributed by atoms with Gasteiger partial charge in [-0.15, -0.1) is 0 Å². The predicted octanol–water partition coefficient (Wildman–Crippen LogP) is 12.5. The van der Waals surface area contributed by atoms with Gasteiger partial charge in [-0.05, 0) is 74.3 Å². The summed E-state index contributed by atoms with van der Waals surface area (Å²) >= 11 is 0. The van der Waals surface area contributed by atoms with Crippen molar-refractivity contribution in [1.29, 1.82) is 0 Å². The van der Waals surface area contributed by atoms with Gasteiger partial charge in [-0.1, -0.05) is 152 Å². The zero-order chi connectivity index (χ0) is 37.2. The second-order valence-electron chi connectivity index (χ2n) is 15.1. The Labute approximate surface area is 327 Å². The highest BCUT2D eigenvalue weighted by Gasteiger charge is 2.51. The molecular weight excluding hydrogens is 697 g/mol. The maximum absolute atomic E-state index is 6.35. The first-order valence-corrected chi connectivity index (χ1v) is 19.3. The summed E-state index contributed by atoms with van der Waals surface area (Å²) in [4.78, 5) is 14.7. The van der Waals surface area contributed by atoms with Crippen LogP contribution >= 0.6 is 0 Å². The van der Waals surface area contributed by atoms with E-state index in [0.29, 0.717) is 11.8 Å². The molecule has 57 heavy (non-hydrogen) atoms. The lowest BCUT2D eigenvalue weighted by atomic mass is 9.70. The Kier molecular flexibility index (Phi) is 6.04. The molecule has 264 valence electrons. The van der Waals surface area contributed by atoms with Gasteiger partial charge >= 0.3 is 0 Å². The second kappa shape index (κ2) is 11.2. The van der Waals surface area contributed by atoms with Crippen molar-refractivity contribution in [2.45, 2.75) is 5.41 Å². The summed E-state index contributed by atoms with van der Waals surface area (Å²) in [5.74, 6) is 1.20. The first-order chi connectivity index (χ1) is 28.3. The molecule has 0 radical (unpaired) electrons. The SMILES string of the molecule is c1ccc2c(c1)-c1ccccc1C21c2ccccc2-c2cc3c(cc21)c1ccccc1n3-c1ncnc(-c2ccc(-c3cccc4c3oc3ccccc34)cc2)n1. The standard InChI is InChI=1S/C52H30N4O/c1-6-19-42-34(12-1)35-13-2-7-20-43(35)52(42)44-21-8-3-14-36(44)40-29-47-41(28-45(40)52)37-15-4-9-22-46(37)56(47)51-54-30-53-50(55-51)32-26-24-31(25-27-32)33-17-11-18-39-38-16-5-10-23-48(38)57-49(33)39/h1-30H. The molecule has 0 aliphatic heterocycles. The fourth-order valence-corrected chi connectivity index (χ4v) is 10.1. The zero-order valence-corrected chi connectivity index (χ0v) is 30.5. The van der Waals surface area contributed by atoms with E-state index in [9.17, 15) is 0 Å². The molecule has 5 nitrogen and oxygen atoms in total. The van der Waals surface area contributed by atoms with Gasteiger partial charge in [-0.25, -0.2) is 9.97 Å². The van der Waals surface area contributed by atoms with Gasteiger partial charge in [0.05, 0.1) is 16.4 Å². The van der Waals surface area contributed by atoms with Gasteiger partial charge in [0.2, 0.25) is 5.95 Å². The molecule has 8 aromatic carbocycles. The Morgan fingerprint density at radius 3 is 1.77 bits per heavy atom. The van der Waals surface area contributed by atoms with Crippen molar-refractivity contribution in [3.63, 3.8) is 0 Å². The van der Waals surface area contributed by atoms with Crippen molar-refractivity contribution in [2.75, 3.05) is 0 Å². The van der Waals surface area contributed by atoms with Crippen LogP contribution in [0.25, 0.3) is 94.5 Å². The van der Waals surface area contributed by atoms with E-state index in [2.05, 4.69) is 173 Å². The number of hydrogen-bond donors (Lipinski definition) is 0. The number of aromatic nitrogens is 4. The molecule has 0 bridgehead atoms. The third-order valence-electron chi connectivity index (χ3n) is 12.4. The second-order valence-corrected chi connectivity index (χ2v) is 15.1. The van der Waals surface area contributed by atoms with Crippen LogP contribution in [0.2, 0.25) is 0 Å². The molecule has 5 heteroatoms. The summed E-state index contributed by atoms with van der Waals surface area (Å²) in [7, 11) is 0. The van der Waals surface area contributed by atoms with Gasteiger partial charge in [0, 0.05) is 32.7 Å². The smallest absolute Gasteiger partial charge is 0.238 e. The number of benzene rings is 8. The van der Waals surface area contributed by atoms with E-state index in [-0.39, 0.29) is 0 Å². The summed E-state index contributed by atoms with van der Waals surface area (Å²) in [6.45, 7) is 0. The predicted molar refractivity (Wildman–Crippen MR) is 229 cm³/mol. The highest BCUT2D eigenvalue weighted by atomic mass is 16.3. The number of hydrogen-bond acceptors (Lipinski definition) is 4. The third kappa shape index (κ3) is 3.99. The molecule has 2 aliphatic carbocycles. The topological polar surface area (TPSA) is 56.7 Å². The first kappa shape index (κ1) is 30.7. The van der Waals surface area contributed by atoms with Crippen molar-refractivity contribution in [1.82, 2.24) is 19.5 Å². The van der Waals surface area contributed by atoms with Gasteiger partial charge < -0.3 is 4.42 Å². The highest BCUT2D eigenvalue weighted by molar-refractivity contribution is 6.12. The fourth-order valence-electron chi connectivity index (χ4n) is 10.1. The average Bonchev–Trinajstić information content (AvgIpc) is 3.99. The number of para-hydroxylation sites is 3. The van der Waals surface area contributed by atoms with E-state index in [0.717, 1.165) is 55.0 Å². The van der Waals surface area contributed by atoms with Gasteiger partial charge in [0.15, 0.2) is 5.82 Å². The van der Waals surface area contributed by atoms with E-state index in [1.54, 1.807) is 6.33 Å². The van der Waals surface area contributed by atoms with Gasteiger partial charge in [0.1, 0.15) is 17.5 Å². The van der Waals surface area contributed by atoms with Crippen LogP contribution in [0.3, 0.4) is 0 Å². The molecule has 0 atom stereocenters. The minimum absolute atomic E-state index is 0.418. The van der Waals surface area contributed by atoms with Gasteiger partial charge in [-0.2, -0.15) is 4.98 Å². The van der Waals surface area contributed by atoms with Crippen LogP contribution in [0.4, 0.5) is 0 Å². The number of furan rings is 1. The normalized spacial score (nSPS) is 13.4. The van der Waals surface area contributed by atoms with Crippen molar-refractivity contribution in [3.8, 4) is 50.7 Å². The lowest BCUT2D eigenvalue weighted by molar-refractivity contribution is 0.670. The molecule has 0 fully saturated rings. The van der Waals surface area contributed by atoms with Gasteiger partial charge in [-0.3, -0.25) is 4.57 Å². The first-order valence-electron chi connectivity index (χ1n) is 19.3. The monoisotopic (exact) mass is 726 g/mol. The summed E-state index contributed by atoms with van der Waals surface area (Å²) < 4.78 is 8.56. The summed E-state index contributed by atoms with van der Waals surface area (Å²) in [5.41, 5.74) is 16.9. The molecule has 3 heterocycles. The largest absolute Gasteiger partial charge is 0.455 e. The molecule has 13 rings (SSSR count). The molecule has 0 amide bonds. The third-order valence-corrected chi connectivity index (χ3v) is 12.4. The van der Waals surface area contributed by atoms with E-state index < -0.39 is 5.41 Å². The van der Waals surface area contributed by atoms with Crippen LogP contribution in [0, 0.1) is 0 Å². The number of nitrogens with zero attached hydrogens (tertiary/aromatic N) is 4. The Bertz CT molecular complexity index is 3440. The van der Waals surface area contributed by atoms with E-state index >= 15 is 0 Å². The molecule has 0 unspecified atom stereocenters. The molecule has 0 N–H and O–H groups in total. The fraction of sp³-hybridized carbons (Fsp3) is 0.0192. The van der Waals surface area contributed by atoms with Crippen LogP contribution in [-0.2, 0) is 5.41 Å². The molecule has 0 saturated carbocycles. The van der Waals surface area contributed by atoms with E-state index in [1.165, 1.54) is 49.9 Å². The molecule has 3 aromatic heterocycles. The molecule has 2 aliphatic rings. The van der Waals surface area contributed by atoms with Crippen molar-refractivity contribution < 1.29 is 4.42 Å². The van der Waals surface area contributed by atoms with Crippen LogP contribution < -0.4 is 0 Å². The zero-order valence-electron chi connectivity index (χ0n) is 30.5. The Morgan fingerprint density at radius 2 is 1.02 bits per heavy atom. The highest BCUT2D eigenvalue weighted by Crippen LogP contribution is 2.63. The minimum atomic E-state index is -0.418. The van der Waals surface area contributed by atoms with E-state index in [1.807, 2.05) is 12.1 Å². The number of fused-ring (bicyclic) bond motifs is 16. The van der Waals surface area contributed by atoms with Crippen LogP contribution in [0.5, 0.6) is 0 Å². The molecular formula is C52H30N4O. The Morgan fingerprint density at radius 1 is 0.421 bits per heavy atom. The quantitative estimate of drug-likeness (QED) is 0.182. The van der Waals surface area contributed by atoms with Gasteiger partial charge in [0.25, 0.3) is 0 Å². The maximum atomic E-state index is 6.35. The molecule has 0 saturated heterocycles. The van der Waals surface area contributed by atoms with Crippen LogP contribution in [0.1, 0.15) is 22.3 Å². The average molecular weight is 727 g/mol. The van der Waals surface area contributed by atoms with Crippen molar-refractivity contribution in [2.24, 2.45) is 0 Å². The van der Waals surface area contributed by atoms with Crippen LogP contribution in [-0.4, -0.2) is 19.5 Å². The summed E-state index contributed by atoms with van der Waals surface area (Å²) in [6, 6.07) is 63.2. The minimum Gasteiger partial charge on any atom is -0.455 e. The molecule has 11 aromatic rings. The molecule has 1 spiro atoms. The Hall–Kier alpha value is -7.63. The Balaban J connectivity index is 0.984. The van der Waals surface area contributed by atoms with Crippen molar-refractivity contribution >= 4 is 43.7 Å². The lowest BCUT2D eigenvalue weighted by Gasteiger charge is -2.30. The van der Waals surface area contributed by atoms with Crippen LogP contribution in [0.15, 0.2) is 187 Å². The lowest BCUT2D eigenvalue weighted by Crippen LogP contribution is -2.25. The summed E-state index contributed by atoms with van der Waals surface area (Å²) in [6.07, 6.45) is 1.63. The van der Waals surface area contributed by atoms with E-state index in [4.69, 9.17) is 14.4 Å². The van der Waals surface area contributed by atoms with Crippen molar-refractivity contribution in [3.05, 3.63) is 205 Å².